The minimum Gasteiger partial charge on any atom is -0.259 e. The van der Waals surface area contributed by atoms with Gasteiger partial charge < -0.3 is 0 Å². The van der Waals surface area contributed by atoms with E-state index in [1.54, 1.807) is 0 Å². The Balaban J connectivity index is 2.91. The molecule has 78 valence electrons. The van der Waals surface area contributed by atoms with Crippen LogP contribution < -0.4 is 4.72 Å². The summed E-state index contributed by atoms with van der Waals surface area (Å²) in [4.78, 5) is 6.72. The minimum absolute atomic E-state index is 0.482. The topological polar surface area (TPSA) is 72.0 Å². The average Bonchev–Trinajstić information content (AvgIpc) is 2.03. The zero-order chi connectivity index (χ0) is 10.8. The van der Waals surface area contributed by atoms with Crippen LogP contribution in [0, 0.1) is 0 Å². The summed E-state index contributed by atoms with van der Waals surface area (Å²) >= 11 is 0. The average molecular weight is 227 g/mol. The highest BCUT2D eigenvalue weighted by Crippen LogP contribution is 2.24. The highest BCUT2D eigenvalue weighted by molar-refractivity contribution is 7.93. The van der Waals surface area contributed by atoms with Crippen molar-refractivity contribution >= 4 is 15.8 Å². The fourth-order valence-electron chi connectivity index (χ4n) is 0.547. The van der Waals surface area contributed by atoms with Crippen molar-refractivity contribution in [2.75, 3.05) is 4.72 Å². The number of sulfonamides is 1. The Morgan fingerprint density at radius 2 is 1.93 bits per heavy atom. The predicted molar refractivity (Wildman–Crippen MR) is 40.6 cm³/mol. The molecule has 0 saturated carbocycles. The molecule has 0 aliphatic carbocycles. The number of nitrogens with one attached hydrogen (secondary N) is 1. The van der Waals surface area contributed by atoms with Crippen LogP contribution in [-0.4, -0.2) is 23.9 Å². The van der Waals surface area contributed by atoms with E-state index < -0.39 is 21.3 Å². The molecule has 0 aliphatic heterocycles. The lowest BCUT2D eigenvalue weighted by Gasteiger charge is -2.08. The summed E-state index contributed by atoms with van der Waals surface area (Å²) < 4.78 is 57.7. The van der Waals surface area contributed by atoms with Crippen LogP contribution in [0.15, 0.2) is 18.6 Å². The van der Waals surface area contributed by atoms with Crippen molar-refractivity contribution in [1.82, 2.24) is 9.97 Å². The van der Waals surface area contributed by atoms with E-state index in [1.807, 2.05) is 0 Å². The second-order valence-electron chi connectivity index (χ2n) is 2.14. The molecule has 0 radical (unpaired) electrons. The van der Waals surface area contributed by atoms with E-state index in [9.17, 15) is 21.6 Å². The highest BCUT2D eigenvalue weighted by atomic mass is 32.2. The maximum Gasteiger partial charge on any atom is 0.516 e. The van der Waals surface area contributed by atoms with Crippen LogP contribution in [-0.2, 0) is 10.0 Å². The highest BCUT2D eigenvalue weighted by Gasteiger charge is 2.46. The first-order valence-corrected chi connectivity index (χ1v) is 4.66. The van der Waals surface area contributed by atoms with Gasteiger partial charge in [0.25, 0.3) is 0 Å². The Bertz CT molecular complexity index is 402. The third-order valence-corrected chi connectivity index (χ3v) is 2.19. The van der Waals surface area contributed by atoms with Crippen LogP contribution in [0.2, 0.25) is 0 Å². The number of rotatable bonds is 2. The standard InChI is InChI=1S/C5H4F3N3O2S/c6-5(7,8)14(12,13)11-4-3-9-1-2-10-4/h1-3H,(H,10,11). The first-order chi connectivity index (χ1) is 6.33. The predicted octanol–water partition coefficient (Wildman–Crippen LogP) is 0.738. The van der Waals surface area contributed by atoms with E-state index in [-0.39, 0.29) is 0 Å². The summed E-state index contributed by atoms with van der Waals surface area (Å²) in [6.45, 7) is 0. The van der Waals surface area contributed by atoms with Crippen molar-refractivity contribution in [2.24, 2.45) is 0 Å². The van der Waals surface area contributed by atoms with E-state index in [1.165, 1.54) is 10.9 Å². The van der Waals surface area contributed by atoms with Gasteiger partial charge in [0.05, 0.1) is 6.20 Å². The van der Waals surface area contributed by atoms with Crippen LogP contribution in [0.1, 0.15) is 0 Å². The zero-order valence-corrected chi connectivity index (χ0v) is 7.30. The molecule has 0 aliphatic rings. The molecular weight excluding hydrogens is 223 g/mol. The molecule has 0 atom stereocenters. The molecular formula is C5H4F3N3O2S. The molecule has 0 saturated heterocycles. The normalized spacial score (nSPS) is 12.5. The molecule has 0 spiro atoms. The first-order valence-electron chi connectivity index (χ1n) is 3.18. The second kappa shape index (κ2) is 3.40. The maximum atomic E-state index is 11.8. The van der Waals surface area contributed by atoms with Crippen molar-refractivity contribution < 1.29 is 21.6 Å². The van der Waals surface area contributed by atoms with Gasteiger partial charge in [0, 0.05) is 12.4 Å². The van der Waals surface area contributed by atoms with Crippen molar-refractivity contribution in [3.05, 3.63) is 18.6 Å². The van der Waals surface area contributed by atoms with E-state index in [2.05, 4.69) is 9.97 Å². The van der Waals surface area contributed by atoms with E-state index >= 15 is 0 Å². The molecule has 0 aromatic carbocycles. The van der Waals surface area contributed by atoms with Crippen molar-refractivity contribution in [1.29, 1.82) is 0 Å². The van der Waals surface area contributed by atoms with Crippen LogP contribution in [0.5, 0.6) is 0 Å². The molecule has 1 rings (SSSR count). The molecule has 1 heterocycles. The molecule has 1 aromatic heterocycles. The van der Waals surface area contributed by atoms with Gasteiger partial charge in [-0.1, -0.05) is 0 Å². The monoisotopic (exact) mass is 227 g/mol. The molecule has 0 bridgehead atoms. The Morgan fingerprint density at radius 3 is 2.36 bits per heavy atom. The fourth-order valence-corrected chi connectivity index (χ4v) is 1.04. The molecule has 9 heteroatoms. The van der Waals surface area contributed by atoms with Gasteiger partial charge >= 0.3 is 15.5 Å². The summed E-state index contributed by atoms with van der Waals surface area (Å²) in [7, 11) is -5.40. The van der Waals surface area contributed by atoms with Gasteiger partial charge in [0.2, 0.25) is 0 Å². The number of anilines is 1. The first kappa shape index (κ1) is 10.7. The number of halogens is 3. The third kappa shape index (κ3) is 2.31. The van der Waals surface area contributed by atoms with Crippen LogP contribution in [0.3, 0.4) is 0 Å². The summed E-state index contributed by atoms with van der Waals surface area (Å²) in [5, 5.41) is 0. The molecule has 0 unspecified atom stereocenters. The van der Waals surface area contributed by atoms with Gasteiger partial charge in [-0.2, -0.15) is 21.6 Å². The van der Waals surface area contributed by atoms with Crippen LogP contribution in [0.25, 0.3) is 0 Å². The number of aromatic nitrogens is 2. The molecule has 0 fully saturated rings. The van der Waals surface area contributed by atoms with Crippen LogP contribution in [0.4, 0.5) is 19.0 Å². The van der Waals surface area contributed by atoms with Gasteiger partial charge in [0.15, 0.2) is 5.82 Å². The fraction of sp³-hybridized carbons (Fsp3) is 0.200. The lowest BCUT2D eigenvalue weighted by atomic mass is 10.7. The smallest absolute Gasteiger partial charge is 0.259 e. The van der Waals surface area contributed by atoms with Crippen molar-refractivity contribution in [3.63, 3.8) is 0 Å². The van der Waals surface area contributed by atoms with Crippen LogP contribution >= 0.6 is 0 Å². The summed E-state index contributed by atoms with van der Waals surface area (Å²) in [6.07, 6.45) is 3.13. The van der Waals surface area contributed by atoms with E-state index in [4.69, 9.17) is 0 Å². The molecule has 1 N–H and O–H groups in total. The number of hydrogen-bond acceptors (Lipinski definition) is 4. The number of alkyl halides is 3. The summed E-state index contributed by atoms with van der Waals surface area (Å²) in [5.41, 5.74) is -5.36. The van der Waals surface area contributed by atoms with Gasteiger partial charge in [-0.15, -0.1) is 0 Å². The van der Waals surface area contributed by atoms with Crippen molar-refractivity contribution in [3.8, 4) is 0 Å². The summed E-state index contributed by atoms with van der Waals surface area (Å²) in [6, 6.07) is 0. The molecule has 0 amide bonds. The van der Waals surface area contributed by atoms with Gasteiger partial charge in [-0.25, -0.2) is 4.98 Å². The Labute approximate surface area is 77.0 Å². The molecule has 14 heavy (non-hydrogen) atoms. The van der Waals surface area contributed by atoms with E-state index in [0.29, 0.717) is 0 Å². The SMILES string of the molecule is O=S(=O)(Nc1cnccn1)C(F)(F)F. The minimum atomic E-state index is -5.40. The Morgan fingerprint density at radius 1 is 1.29 bits per heavy atom. The van der Waals surface area contributed by atoms with E-state index in [0.717, 1.165) is 12.4 Å². The lowest BCUT2D eigenvalue weighted by Crippen LogP contribution is -2.30. The quantitative estimate of drug-likeness (QED) is 0.808. The van der Waals surface area contributed by atoms with Gasteiger partial charge in [0.1, 0.15) is 0 Å². The Hall–Kier alpha value is -1.38. The summed E-state index contributed by atoms with van der Waals surface area (Å²) in [5.74, 6) is -0.482. The molecule has 1 aromatic rings. The third-order valence-electron chi connectivity index (χ3n) is 1.11. The molecule has 5 nitrogen and oxygen atoms in total. The maximum absolute atomic E-state index is 11.8. The largest absolute Gasteiger partial charge is 0.516 e. The van der Waals surface area contributed by atoms with Gasteiger partial charge in [-0.05, 0) is 0 Å². The second-order valence-corrected chi connectivity index (χ2v) is 3.82. The number of hydrogen-bond donors (Lipinski definition) is 1. The Kier molecular flexibility index (Phi) is 2.60. The zero-order valence-electron chi connectivity index (χ0n) is 6.49. The lowest BCUT2D eigenvalue weighted by molar-refractivity contribution is -0.0429. The number of nitrogens with zero attached hydrogens (tertiary/aromatic N) is 2. The van der Waals surface area contributed by atoms with Crippen molar-refractivity contribution in [2.45, 2.75) is 5.51 Å². The van der Waals surface area contributed by atoms with Gasteiger partial charge in [-0.3, -0.25) is 9.71 Å².